The Morgan fingerprint density at radius 2 is 1.10 bits per heavy atom. The third kappa shape index (κ3) is 10.2. The van der Waals surface area contributed by atoms with Crippen LogP contribution < -0.4 is 5.32 Å². The summed E-state index contributed by atoms with van der Waals surface area (Å²) in [6.45, 7) is 12.8. The molecule has 0 aromatic carbocycles. The third-order valence-corrected chi connectivity index (χ3v) is 9.38. The number of hydrogen-bond acceptors (Lipinski definition) is 1. The van der Waals surface area contributed by atoms with Crippen LogP contribution in [0.5, 0.6) is 0 Å². The molecule has 1 N–H and O–H groups in total. The van der Waals surface area contributed by atoms with Crippen LogP contribution >= 0.6 is 7.26 Å². The molecule has 0 spiro atoms. The number of hydrogen-bond donors (Lipinski definition) is 1. The summed E-state index contributed by atoms with van der Waals surface area (Å²) >= 11 is 0. The SMILES string of the molecule is CCCC[P+](CCCC)(CCCC)CCCNC(C)C. The molecule has 0 saturated heterocycles. The van der Waals surface area contributed by atoms with Crippen molar-refractivity contribution in [3.8, 4) is 0 Å². The Morgan fingerprint density at radius 1 is 0.700 bits per heavy atom. The van der Waals surface area contributed by atoms with E-state index in [0.29, 0.717) is 6.04 Å². The molecule has 122 valence electrons. The fourth-order valence-corrected chi connectivity index (χ4v) is 8.09. The molecule has 0 bridgehead atoms. The van der Waals surface area contributed by atoms with Gasteiger partial charge in [-0.1, -0.05) is 53.9 Å². The van der Waals surface area contributed by atoms with Gasteiger partial charge >= 0.3 is 0 Å². The van der Waals surface area contributed by atoms with Crippen LogP contribution in [-0.4, -0.2) is 37.2 Å². The zero-order valence-electron chi connectivity index (χ0n) is 15.0. The molecule has 20 heavy (non-hydrogen) atoms. The lowest BCUT2D eigenvalue weighted by molar-refractivity contribution is 0.584. The van der Waals surface area contributed by atoms with Gasteiger partial charge in [0, 0.05) is 13.3 Å². The van der Waals surface area contributed by atoms with Crippen molar-refractivity contribution in [3.05, 3.63) is 0 Å². The van der Waals surface area contributed by atoms with Gasteiger partial charge in [0.15, 0.2) is 0 Å². The van der Waals surface area contributed by atoms with Crippen molar-refractivity contribution in [1.82, 2.24) is 5.32 Å². The topological polar surface area (TPSA) is 12.0 Å². The largest absolute Gasteiger partial charge is 0.314 e. The minimum absolute atomic E-state index is 0.643. The summed E-state index contributed by atoms with van der Waals surface area (Å²) in [6, 6.07) is 0.643. The van der Waals surface area contributed by atoms with Crippen LogP contribution in [0.4, 0.5) is 0 Å². The lowest BCUT2D eigenvalue weighted by Crippen LogP contribution is -2.25. The smallest absolute Gasteiger partial charge is 0.0606 e. The van der Waals surface area contributed by atoms with Crippen molar-refractivity contribution in [2.24, 2.45) is 0 Å². The van der Waals surface area contributed by atoms with E-state index in [-0.39, 0.29) is 0 Å². The van der Waals surface area contributed by atoms with Crippen LogP contribution in [0.1, 0.15) is 79.6 Å². The molecule has 0 amide bonds. The molecule has 0 aromatic rings. The zero-order chi connectivity index (χ0) is 15.3. The predicted octanol–water partition coefficient (Wildman–Crippen LogP) is 5.79. The van der Waals surface area contributed by atoms with Crippen molar-refractivity contribution in [2.75, 3.05) is 31.2 Å². The highest BCUT2D eigenvalue weighted by Crippen LogP contribution is 2.61. The molecule has 0 aromatic heterocycles. The maximum atomic E-state index is 3.60. The van der Waals surface area contributed by atoms with Crippen molar-refractivity contribution in [3.63, 3.8) is 0 Å². The Bertz CT molecular complexity index is 182. The standard InChI is InChI=1S/C18H41NP/c1-6-9-14-20(15-10-7-2,16-11-8-3)17-12-13-19-18(4)5/h18-19H,6-17H2,1-5H3/q+1. The van der Waals surface area contributed by atoms with E-state index < -0.39 is 7.26 Å². The first-order chi connectivity index (χ1) is 9.60. The van der Waals surface area contributed by atoms with Crippen molar-refractivity contribution in [1.29, 1.82) is 0 Å². The minimum Gasteiger partial charge on any atom is -0.314 e. The van der Waals surface area contributed by atoms with Gasteiger partial charge in [0.1, 0.15) is 0 Å². The summed E-state index contributed by atoms with van der Waals surface area (Å²) in [4.78, 5) is 0. The molecule has 0 rings (SSSR count). The summed E-state index contributed by atoms with van der Waals surface area (Å²) in [5.41, 5.74) is 0. The normalized spacial score (nSPS) is 12.3. The van der Waals surface area contributed by atoms with Gasteiger partial charge in [-0.15, -0.1) is 0 Å². The zero-order valence-corrected chi connectivity index (χ0v) is 15.9. The summed E-state index contributed by atoms with van der Waals surface area (Å²) < 4.78 is 0. The van der Waals surface area contributed by atoms with Gasteiger partial charge < -0.3 is 5.32 Å². The molecule has 0 unspecified atom stereocenters. The van der Waals surface area contributed by atoms with E-state index in [9.17, 15) is 0 Å². The van der Waals surface area contributed by atoms with Crippen molar-refractivity contribution < 1.29 is 0 Å². The van der Waals surface area contributed by atoms with Gasteiger partial charge in [0.05, 0.1) is 24.6 Å². The number of nitrogens with one attached hydrogen (secondary N) is 1. The average Bonchev–Trinajstić information content (AvgIpc) is 2.44. The third-order valence-electron chi connectivity index (χ3n) is 4.32. The van der Waals surface area contributed by atoms with Crippen LogP contribution in [0.15, 0.2) is 0 Å². The van der Waals surface area contributed by atoms with Crippen LogP contribution in [0.25, 0.3) is 0 Å². The summed E-state index contributed by atoms with van der Waals surface area (Å²) in [5, 5.41) is 3.60. The fraction of sp³-hybridized carbons (Fsp3) is 1.00. The maximum absolute atomic E-state index is 3.60. The van der Waals surface area contributed by atoms with E-state index in [4.69, 9.17) is 0 Å². The first kappa shape index (κ1) is 20.4. The first-order valence-electron chi connectivity index (χ1n) is 9.18. The molecule has 0 heterocycles. The van der Waals surface area contributed by atoms with Crippen molar-refractivity contribution >= 4 is 7.26 Å². The Kier molecular flexibility index (Phi) is 13.3. The monoisotopic (exact) mass is 302 g/mol. The fourth-order valence-electron chi connectivity index (χ4n) is 2.96. The molecular weight excluding hydrogens is 261 g/mol. The highest BCUT2D eigenvalue weighted by atomic mass is 31.2. The van der Waals surface area contributed by atoms with E-state index in [1.165, 1.54) is 51.5 Å². The molecule has 0 aliphatic rings. The van der Waals surface area contributed by atoms with Gasteiger partial charge in [-0.05, 0) is 32.2 Å². The Hall–Kier alpha value is 0.390. The van der Waals surface area contributed by atoms with Gasteiger partial charge in [0.25, 0.3) is 0 Å². The summed E-state index contributed by atoms with van der Waals surface area (Å²) in [7, 11) is -0.646. The lowest BCUT2D eigenvalue weighted by Gasteiger charge is -2.28. The highest BCUT2D eigenvalue weighted by molar-refractivity contribution is 7.75. The van der Waals surface area contributed by atoms with E-state index in [2.05, 4.69) is 39.9 Å². The highest BCUT2D eigenvalue weighted by Gasteiger charge is 2.34. The molecule has 2 heteroatoms. The molecular formula is C18H41NP+. The Morgan fingerprint density at radius 3 is 1.45 bits per heavy atom. The molecule has 0 saturated carbocycles. The quantitative estimate of drug-likeness (QED) is 0.316. The number of unbranched alkanes of at least 4 members (excludes halogenated alkanes) is 3. The Balaban J connectivity index is 4.41. The summed E-state index contributed by atoms with van der Waals surface area (Å²) in [5.74, 6) is 0. The molecule has 0 atom stereocenters. The van der Waals surface area contributed by atoms with Crippen LogP contribution in [-0.2, 0) is 0 Å². The second kappa shape index (κ2) is 13.1. The molecule has 0 radical (unpaired) electrons. The summed E-state index contributed by atoms with van der Waals surface area (Å²) in [6.07, 6.45) is 16.2. The molecule has 0 fully saturated rings. The second-order valence-electron chi connectivity index (χ2n) is 6.76. The van der Waals surface area contributed by atoms with E-state index in [0.717, 1.165) is 0 Å². The molecule has 0 aliphatic heterocycles. The maximum Gasteiger partial charge on any atom is 0.0606 e. The minimum atomic E-state index is -0.646. The van der Waals surface area contributed by atoms with E-state index in [1.807, 2.05) is 0 Å². The lowest BCUT2D eigenvalue weighted by atomic mass is 10.4. The van der Waals surface area contributed by atoms with Gasteiger partial charge in [-0.2, -0.15) is 0 Å². The van der Waals surface area contributed by atoms with Gasteiger partial charge in [-0.25, -0.2) is 0 Å². The van der Waals surface area contributed by atoms with Crippen LogP contribution in [0, 0.1) is 0 Å². The molecule has 0 aliphatic carbocycles. The average molecular weight is 303 g/mol. The first-order valence-corrected chi connectivity index (χ1v) is 11.7. The molecule has 1 nitrogen and oxygen atoms in total. The van der Waals surface area contributed by atoms with Gasteiger partial charge in [-0.3, -0.25) is 0 Å². The number of rotatable bonds is 14. The van der Waals surface area contributed by atoms with Crippen molar-refractivity contribution in [2.45, 2.75) is 85.6 Å². The van der Waals surface area contributed by atoms with E-state index >= 15 is 0 Å². The predicted molar refractivity (Wildman–Crippen MR) is 98.9 cm³/mol. The van der Waals surface area contributed by atoms with Gasteiger partial charge in [0.2, 0.25) is 0 Å². The Labute approximate surface area is 130 Å². The van der Waals surface area contributed by atoms with Crippen LogP contribution in [0.3, 0.4) is 0 Å². The van der Waals surface area contributed by atoms with E-state index in [1.54, 1.807) is 24.6 Å². The second-order valence-corrected chi connectivity index (χ2v) is 11.2. The van der Waals surface area contributed by atoms with Crippen LogP contribution in [0.2, 0.25) is 0 Å².